The van der Waals surface area contributed by atoms with Gasteiger partial charge in [-0.25, -0.2) is 0 Å². The molecule has 2 aromatic rings. The molecular formula is C14H14ClN5. The van der Waals surface area contributed by atoms with E-state index in [0.717, 1.165) is 11.1 Å². The molecule has 20 heavy (non-hydrogen) atoms. The van der Waals surface area contributed by atoms with E-state index in [1.807, 2.05) is 36.4 Å². The van der Waals surface area contributed by atoms with Gasteiger partial charge in [-0.05, 0) is 12.1 Å². The van der Waals surface area contributed by atoms with E-state index >= 15 is 0 Å². The second-order valence-electron chi connectivity index (χ2n) is 4.08. The molecule has 0 unspecified atom stereocenters. The average molecular weight is 288 g/mol. The molecule has 0 saturated carbocycles. The van der Waals surface area contributed by atoms with Crippen molar-refractivity contribution in [3.8, 4) is 0 Å². The highest BCUT2D eigenvalue weighted by molar-refractivity contribution is 6.33. The molecule has 0 saturated heterocycles. The zero-order chi connectivity index (χ0) is 14.5. The Bertz CT molecular complexity index is 661. The van der Waals surface area contributed by atoms with Gasteiger partial charge in [0.25, 0.3) is 0 Å². The van der Waals surface area contributed by atoms with Crippen molar-refractivity contribution < 1.29 is 0 Å². The third kappa shape index (κ3) is 3.27. The van der Waals surface area contributed by atoms with Crippen molar-refractivity contribution in [3.05, 3.63) is 64.7 Å². The maximum atomic E-state index is 5.93. The number of guanidine groups is 1. The number of halogens is 1. The van der Waals surface area contributed by atoms with E-state index in [1.165, 1.54) is 0 Å². The van der Waals surface area contributed by atoms with Crippen molar-refractivity contribution in [2.45, 2.75) is 0 Å². The van der Waals surface area contributed by atoms with Crippen LogP contribution in [0, 0.1) is 0 Å². The van der Waals surface area contributed by atoms with Gasteiger partial charge in [0, 0.05) is 11.1 Å². The highest BCUT2D eigenvalue weighted by atomic mass is 35.5. The molecule has 0 aliphatic rings. The number of nitrogens with two attached hydrogens (primary N) is 3. The lowest BCUT2D eigenvalue weighted by Gasteiger charge is -2.07. The molecule has 2 rings (SSSR count). The summed E-state index contributed by atoms with van der Waals surface area (Å²) in [6.07, 6.45) is 0. The Kier molecular flexibility index (Phi) is 4.22. The van der Waals surface area contributed by atoms with Crippen LogP contribution in [0.4, 0.5) is 5.69 Å². The molecule has 0 heterocycles. The third-order valence-electron chi connectivity index (χ3n) is 2.58. The molecule has 0 bridgehead atoms. The highest BCUT2D eigenvalue weighted by Gasteiger charge is 2.08. The Balaban J connectivity index is 2.55. The minimum atomic E-state index is -0.111. The lowest BCUT2D eigenvalue weighted by atomic mass is 10.0. The van der Waals surface area contributed by atoms with Gasteiger partial charge in [0.1, 0.15) is 5.71 Å². The largest absolute Gasteiger partial charge is 0.398 e. The zero-order valence-corrected chi connectivity index (χ0v) is 11.4. The van der Waals surface area contributed by atoms with Crippen molar-refractivity contribution >= 4 is 29.0 Å². The maximum Gasteiger partial charge on any atom is 0.211 e. The number of benzene rings is 2. The molecule has 0 radical (unpaired) electrons. The van der Waals surface area contributed by atoms with Crippen LogP contribution in [0.5, 0.6) is 0 Å². The lowest BCUT2D eigenvalue weighted by molar-refractivity contribution is 1.20. The summed E-state index contributed by atoms with van der Waals surface area (Å²) in [6, 6.07) is 14.8. The average Bonchev–Trinajstić information content (AvgIpc) is 2.44. The van der Waals surface area contributed by atoms with Gasteiger partial charge in [0.15, 0.2) is 0 Å². The van der Waals surface area contributed by atoms with Crippen LogP contribution in [0.15, 0.2) is 58.7 Å². The summed E-state index contributed by atoms with van der Waals surface area (Å²) in [7, 11) is 0. The van der Waals surface area contributed by atoms with Gasteiger partial charge in [0.2, 0.25) is 5.96 Å². The number of anilines is 1. The fraction of sp³-hybridized carbons (Fsp3) is 0. The molecule has 2 aromatic carbocycles. The van der Waals surface area contributed by atoms with E-state index in [0.29, 0.717) is 16.4 Å². The molecule has 0 atom stereocenters. The van der Waals surface area contributed by atoms with Crippen LogP contribution in [0.2, 0.25) is 5.02 Å². The fourth-order valence-corrected chi connectivity index (χ4v) is 1.79. The molecule has 0 fully saturated rings. The molecule has 6 heteroatoms. The standard InChI is InChI=1S/C14H14ClN5/c15-11-7-6-10(8-12(11)16)13(19-20-14(17)18)9-4-2-1-3-5-9/h1-8H,16H2,(H4,17,18,20)/b19-13+. The minimum Gasteiger partial charge on any atom is -0.398 e. The van der Waals surface area contributed by atoms with E-state index in [2.05, 4.69) is 10.2 Å². The van der Waals surface area contributed by atoms with E-state index in [-0.39, 0.29) is 5.96 Å². The summed E-state index contributed by atoms with van der Waals surface area (Å²) in [4.78, 5) is 0. The van der Waals surface area contributed by atoms with Crippen LogP contribution >= 0.6 is 11.6 Å². The molecular weight excluding hydrogens is 274 g/mol. The lowest BCUT2D eigenvalue weighted by Crippen LogP contribution is -2.22. The topological polar surface area (TPSA) is 103 Å². The quantitative estimate of drug-likeness (QED) is 0.348. The zero-order valence-electron chi connectivity index (χ0n) is 10.6. The highest BCUT2D eigenvalue weighted by Crippen LogP contribution is 2.21. The van der Waals surface area contributed by atoms with Gasteiger partial charge < -0.3 is 17.2 Å². The summed E-state index contributed by atoms with van der Waals surface area (Å²) in [5.74, 6) is -0.111. The fourth-order valence-electron chi connectivity index (χ4n) is 1.68. The summed E-state index contributed by atoms with van der Waals surface area (Å²) in [6.45, 7) is 0. The van der Waals surface area contributed by atoms with E-state index in [9.17, 15) is 0 Å². The van der Waals surface area contributed by atoms with Crippen LogP contribution < -0.4 is 17.2 Å². The predicted octanol–water partition coefficient (Wildman–Crippen LogP) is 1.95. The van der Waals surface area contributed by atoms with Gasteiger partial charge in [-0.15, -0.1) is 10.2 Å². The van der Waals surface area contributed by atoms with Gasteiger partial charge in [-0.2, -0.15) is 0 Å². The van der Waals surface area contributed by atoms with Crippen LogP contribution in [0.1, 0.15) is 11.1 Å². The number of hydrogen-bond acceptors (Lipinski definition) is 3. The van der Waals surface area contributed by atoms with E-state index in [4.69, 9.17) is 28.8 Å². The van der Waals surface area contributed by atoms with Gasteiger partial charge in [0.05, 0.1) is 10.7 Å². The van der Waals surface area contributed by atoms with Crippen molar-refractivity contribution in [2.24, 2.45) is 21.7 Å². The van der Waals surface area contributed by atoms with Crippen molar-refractivity contribution in [2.75, 3.05) is 5.73 Å². The Morgan fingerprint density at radius 2 is 1.60 bits per heavy atom. The van der Waals surface area contributed by atoms with E-state index in [1.54, 1.807) is 12.1 Å². The number of hydrogen-bond donors (Lipinski definition) is 3. The van der Waals surface area contributed by atoms with Crippen LogP contribution in [-0.4, -0.2) is 11.7 Å². The molecule has 0 spiro atoms. The SMILES string of the molecule is NC(N)=N/N=C(\c1ccccc1)c1ccc(Cl)c(N)c1. The second-order valence-corrected chi connectivity index (χ2v) is 4.48. The summed E-state index contributed by atoms with van der Waals surface area (Å²) in [5.41, 5.74) is 19.2. The molecule has 0 aromatic heterocycles. The second kappa shape index (κ2) is 6.08. The van der Waals surface area contributed by atoms with Gasteiger partial charge in [-0.3, -0.25) is 0 Å². The van der Waals surface area contributed by atoms with Gasteiger partial charge in [-0.1, -0.05) is 48.0 Å². The Morgan fingerprint density at radius 3 is 2.20 bits per heavy atom. The van der Waals surface area contributed by atoms with Crippen LogP contribution in [-0.2, 0) is 0 Å². The van der Waals surface area contributed by atoms with Crippen molar-refractivity contribution in [1.29, 1.82) is 0 Å². The van der Waals surface area contributed by atoms with Crippen molar-refractivity contribution in [3.63, 3.8) is 0 Å². The summed E-state index contributed by atoms with van der Waals surface area (Å²) in [5, 5.41) is 8.30. The first-order valence-electron chi connectivity index (χ1n) is 5.85. The number of nitrogen functional groups attached to an aromatic ring is 1. The Morgan fingerprint density at radius 1 is 0.900 bits per heavy atom. The van der Waals surface area contributed by atoms with E-state index < -0.39 is 0 Å². The van der Waals surface area contributed by atoms with Gasteiger partial charge >= 0.3 is 0 Å². The molecule has 102 valence electrons. The molecule has 6 N–H and O–H groups in total. The normalized spacial score (nSPS) is 11.2. The first-order chi connectivity index (χ1) is 9.58. The summed E-state index contributed by atoms with van der Waals surface area (Å²) >= 11 is 5.93. The molecule has 5 nitrogen and oxygen atoms in total. The number of rotatable bonds is 3. The first kappa shape index (κ1) is 13.9. The molecule has 0 aliphatic carbocycles. The minimum absolute atomic E-state index is 0.111. The van der Waals surface area contributed by atoms with Crippen molar-refractivity contribution in [1.82, 2.24) is 0 Å². The Labute approximate surface area is 121 Å². The summed E-state index contributed by atoms with van der Waals surface area (Å²) < 4.78 is 0. The molecule has 0 aliphatic heterocycles. The Hall–Kier alpha value is -2.53. The van der Waals surface area contributed by atoms with Crippen LogP contribution in [0.25, 0.3) is 0 Å². The number of nitrogens with zero attached hydrogens (tertiary/aromatic N) is 2. The molecule has 0 amide bonds. The predicted molar refractivity (Wildman–Crippen MR) is 83.8 cm³/mol. The maximum absolute atomic E-state index is 5.93. The smallest absolute Gasteiger partial charge is 0.211 e. The van der Waals surface area contributed by atoms with Crippen LogP contribution in [0.3, 0.4) is 0 Å². The monoisotopic (exact) mass is 287 g/mol. The first-order valence-corrected chi connectivity index (χ1v) is 6.23. The third-order valence-corrected chi connectivity index (χ3v) is 2.93.